The first-order valence-corrected chi connectivity index (χ1v) is 10.7. The molecule has 11 heteroatoms. The van der Waals surface area contributed by atoms with Crippen LogP contribution in [0.15, 0.2) is 40.6 Å². The summed E-state index contributed by atoms with van der Waals surface area (Å²) in [7, 11) is 2.92. The topological polar surface area (TPSA) is 99.0 Å². The van der Waals surface area contributed by atoms with E-state index >= 15 is 0 Å². The molecule has 178 valence electrons. The number of carbonyl (C=O) groups is 2. The molecule has 2 aromatic rings. The number of anilines is 1. The molecule has 0 fully saturated rings. The number of hydrogen-bond acceptors (Lipinski definition) is 8. The zero-order valence-electron chi connectivity index (χ0n) is 18.9. The molecule has 33 heavy (non-hydrogen) atoms. The van der Waals surface area contributed by atoms with Crippen LogP contribution in [0, 0.1) is 0 Å². The Hall–Kier alpha value is -3.04. The minimum atomic E-state index is -1.53. The van der Waals surface area contributed by atoms with Crippen LogP contribution in [0.25, 0.3) is 0 Å². The van der Waals surface area contributed by atoms with Gasteiger partial charge >= 0.3 is 0 Å². The van der Waals surface area contributed by atoms with E-state index in [-0.39, 0.29) is 16.4 Å². The number of benzene rings is 2. The van der Waals surface area contributed by atoms with E-state index in [0.29, 0.717) is 36.2 Å². The van der Waals surface area contributed by atoms with E-state index in [1.807, 2.05) is 0 Å². The van der Waals surface area contributed by atoms with Gasteiger partial charge in [-0.1, -0.05) is 11.6 Å². The van der Waals surface area contributed by atoms with Gasteiger partial charge in [-0.25, -0.2) is 4.42 Å². The molecule has 0 saturated heterocycles. The lowest BCUT2D eigenvalue weighted by molar-refractivity contribution is -0.126. The summed E-state index contributed by atoms with van der Waals surface area (Å²) in [5, 5.41) is 8.15. The highest BCUT2D eigenvalue weighted by Gasteiger charge is 2.30. The first-order chi connectivity index (χ1) is 15.8. The molecule has 0 saturated carbocycles. The Morgan fingerprint density at radius 3 is 2.06 bits per heavy atom. The number of halogens is 2. The minimum absolute atomic E-state index is 0.132. The molecule has 0 aromatic heterocycles. The molecule has 1 amide bonds. The van der Waals surface area contributed by atoms with Crippen molar-refractivity contribution in [3.63, 3.8) is 0 Å². The summed E-state index contributed by atoms with van der Waals surface area (Å²) in [6.07, 6.45) is 0. The number of rotatable bonds is 11. The second kappa shape index (κ2) is 12.3. The van der Waals surface area contributed by atoms with Crippen molar-refractivity contribution in [2.45, 2.75) is 26.8 Å². The number of nitrogens with zero attached hydrogens (tertiary/aromatic N) is 3. The van der Waals surface area contributed by atoms with Gasteiger partial charge in [0.05, 0.1) is 33.1 Å². The monoisotopic (exact) mass is 497 g/mol. The van der Waals surface area contributed by atoms with E-state index in [1.54, 1.807) is 32.0 Å². The maximum atomic E-state index is 13.0. The second-order valence-electron chi connectivity index (χ2n) is 6.51. The van der Waals surface area contributed by atoms with Gasteiger partial charge in [0.2, 0.25) is 6.04 Å². The number of ether oxygens (including phenoxy) is 4. The lowest BCUT2D eigenvalue weighted by Gasteiger charge is -2.18. The van der Waals surface area contributed by atoms with Gasteiger partial charge in [-0.05, 0) is 32.9 Å². The molecular formula is C22H25Cl2N3O6. The normalized spacial score (nSPS) is 11.7. The zero-order chi connectivity index (χ0) is 24.5. The third-order valence-corrected chi connectivity index (χ3v) is 5.02. The fourth-order valence-electron chi connectivity index (χ4n) is 2.72. The van der Waals surface area contributed by atoms with Gasteiger partial charge in [-0.2, -0.15) is 5.11 Å². The highest BCUT2D eigenvalue weighted by molar-refractivity contribution is 6.39. The van der Waals surface area contributed by atoms with Gasteiger partial charge in [-0.3, -0.25) is 9.59 Å². The molecule has 0 aliphatic carbocycles. The quantitative estimate of drug-likeness (QED) is 0.234. The number of hydrogen-bond donors (Lipinski definition) is 0. The van der Waals surface area contributed by atoms with Crippen LogP contribution in [0.3, 0.4) is 0 Å². The maximum absolute atomic E-state index is 13.0. The molecule has 1 unspecified atom stereocenters. The van der Waals surface area contributed by atoms with Gasteiger partial charge in [0, 0.05) is 30.0 Å². The summed E-state index contributed by atoms with van der Waals surface area (Å²) < 4.78 is 22.2. The Labute approximate surface area is 202 Å². The average molecular weight is 498 g/mol. The minimum Gasteiger partial charge on any atom is -0.497 e. The van der Waals surface area contributed by atoms with Gasteiger partial charge in [0.25, 0.3) is 5.91 Å². The van der Waals surface area contributed by atoms with Crippen molar-refractivity contribution in [3.8, 4) is 23.0 Å². The Kier molecular flexibility index (Phi) is 9.74. The van der Waals surface area contributed by atoms with E-state index in [9.17, 15) is 9.59 Å². The number of Topliss-reactive ketones (excluding diaryl/α,β-unsaturated/α-hetero) is 1. The molecular weight excluding hydrogens is 473 g/mol. The fraction of sp³-hybridized carbons (Fsp3) is 0.364. The molecule has 0 aliphatic heterocycles. The van der Waals surface area contributed by atoms with E-state index in [1.165, 1.54) is 33.3 Å². The Bertz CT molecular complexity index is 1010. The Morgan fingerprint density at radius 2 is 1.55 bits per heavy atom. The molecule has 0 heterocycles. The number of methoxy groups -OCH3 is 2. The Morgan fingerprint density at radius 1 is 1.00 bits per heavy atom. The van der Waals surface area contributed by atoms with Crippen LogP contribution in [0.4, 0.5) is 11.4 Å². The average Bonchev–Trinajstić information content (AvgIpc) is 2.81. The highest BCUT2D eigenvalue weighted by Crippen LogP contribution is 2.42. The van der Waals surface area contributed by atoms with Crippen molar-refractivity contribution in [2.75, 3.05) is 31.9 Å². The van der Waals surface area contributed by atoms with Crippen molar-refractivity contribution in [1.82, 2.24) is 0 Å². The number of amides is 1. The van der Waals surface area contributed by atoms with E-state index < -0.39 is 17.7 Å². The number of carbonyl (C=O) groups excluding carboxylic acids is 2. The molecule has 0 bridgehead atoms. The van der Waals surface area contributed by atoms with Crippen LogP contribution in [0.2, 0.25) is 5.02 Å². The van der Waals surface area contributed by atoms with Gasteiger partial charge in [0.15, 0.2) is 5.78 Å². The van der Waals surface area contributed by atoms with Crippen molar-refractivity contribution in [3.05, 3.63) is 35.4 Å². The van der Waals surface area contributed by atoms with Crippen LogP contribution in [-0.2, 0) is 9.59 Å². The SMILES string of the molecule is CCOc1ccc(OCC)c(N=NC(C(C)=O)C(=O)N(Cl)c2cc(OC)cc(OC)c2)c1Cl. The smallest absolute Gasteiger partial charge is 0.276 e. The summed E-state index contributed by atoms with van der Waals surface area (Å²) >= 11 is 12.7. The predicted molar refractivity (Wildman–Crippen MR) is 126 cm³/mol. The fourth-order valence-corrected chi connectivity index (χ4v) is 3.16. The van der Waals surface area contributed by atoms with E-state index in [4.69, 9.17) is 42.3 Å². The Balaban J connectivity index is 2.43. The molecule has 9 nitrogen and oxygen atoms in total. The van der Waals surface area contributed by atoms with Crippen LogP contribution in [0.1, 0.15) is 20.8 Å². The van der Waals surface area contributed by atoms with Crippen molar-refractivity contribution in [1.29, 1.82) is 0 Å². The van der Waals surface area contributed by atoms with Crippen LogP contribution >= 0.6 is 23.4 Å². The number of azo groups is 1. The van der Waals surface area contributed by atoms with Crippen LogP contribution < -0.4 is 23.4 Å². The summed E-state index contributed by atoms with van der Waals surface area (Å²) in [5.41, 5.74) is 0.360. The third kappa shape index (κ3) is 6.49. The van der Waals surface area contributed by atoms with E-state index in [0.717, 1.165) is 4.42 Å². The largest absolute Gasteiger partial charge is 0.497 e. The summed E-state index contributed by atoms with van der Waals surface area (Å²) in [6, 6.07) is 6.37. The predicted octanol–water partition coefficient (Wildman–Crippen LogP) is 5.38. The zero-order valence-corrected chi connectivity index (χ0v) is 20.4. The standard InChI is InChI=1S/C22H25Cl2N3O6/c1-6-32-17-8-9-18(33-7-2)21(19(17)23)26-25-20(13(3)28)22(29)27(24)14-10-15(30-4)12-16(11-14)31-5/h8-12,20H,6-7H2,1-5H3. The van der Waals surface area contributed by atoms with Crippen LogP contribution in [0.5, 0.6) is 23.0 Å². The van der Waals surface area contributed by atoms with Crippen molar-refractivity contribution in [2.24, 2.45) is 10.2 Å². The van der Waals surface area contributed by atoms with E-state index in [2.05, 4.69) is 10.2 Å². The molecule has 0 radical (unpaired) electrons. The van der Waals surface area contributed by atoms with Crippen molar-refractivity contribution >= 4 is 46.4 Å². The molecule has 1 atom stereocenters. The first-order valence-electron chi connectivity index (χ1n) is 9.99. The van der Waals surface area contributed by atoms with Crippen molar-refractivity contribution < 1.29 is 28.5 Å². The lowest BCUT2D eigenvalue weighted by Crippen LogP contribution is -2.36. The third-order valence-electron chi connectivity index (χ3n) is 4.29. The highest BCUT2D eigenvalue weighted by atomic mass is 35.5. The van der Waals surface area contributed by atoms with Gasteiger partial charge in [0.1, 0.15) is 33.7 Å². The second-order valence-corrected chi connectivity index (χ2v) is 7.23. The molecule has 0 aliphatic rings. The molecule has 0 N–H and O–H groups in total. The summed E-state index contributed by atoms with van der Waals surface area (Å²) in [6.45, 7) is 5.53. The number of ketones is 1. The molecule has 0 spiro atoms. The molecule has 2 aromatic carbocycles. The van der Waals surface area contributed by atoms with Gasteiger partial charge in [-0.15, -0.1) is 5.11 Å². The summed E-state index contributed by atoms with van der Waals surface area (Å²) in [5.74, 6) is 0.112. The van der Waals surface area contributed by atoms with Crippen LogP contribution in [-0.4, -0.2) is 45.2 Å². The van der Waals surface area contributed by atoms with Gasteiger partial charge < -0.3 is 18.9 Å². The lowest BCUT2D eigenvalue weighted by atomic mass is 10.2. The molecule has 2 rings (SSSR count). The summed E-state index contributed by atoms with van der Waals surface area (Å²) in [4.78, 5) is 25.3. The maximum Gasteiger partial charge on any atom is 0.276 e. The first kappa shape index (κ1) is 26.2.